The van der Waals surface area contributed by atoms with Gasteiger partial charge in [-0.05, 0) is 32.2 Å². The van der Waals surface area contributed by atoms with E-state index in [2.05, 4.69) is 29.1 Å². The average Bonchev–Trinajstić information content (AvgIpc) is 2.97. The number of sulfonamides is 1. The van der Waals surface area contributed by atoms with Crippen molar-refractivity contribution >= 4 is 10.0 Å². The molecule has 1 aromatic heterocycles. The van der Waals surface area contributed by atoms with Crippen molar-refractivity contribution in [1.29, 1.82) is 0 Å². The third-order valence-corrected chi connectivity index (χ3v) is 5.99. The van der Waals surface area contributed by atoms with Crippen LogP contribution in [-0.2, 0) is 16.4 Å². The van der Waals surface area contributed by atoms with Crippen LogP contribution in [0.4, 0.5) is 0 Å². The highest BCUT2D eigenvalue weighted by Gasteiger charge is 2.33. The predicted octanol–water partition coefficient (Wildman–Crippen LogP) is 1.37. The Kier molecular flexibility index (Phi) is 5.40. The van der Waals surface area contributed by atoms with Crippen molar-refractivity contribution in [2.45, 2.75) is 51.1 Å². The van der Waals surface area contributed by atoms with Crippen molar-refractivity contribution in [3.63, 3.8) is 0 Å². The van der Waals surface area contributed by atoms with E-state index >= 15 is 0 Å². The number of hydrogen-bond donors (Lipinski definition) is 2. The minimum atomic E-state index is -3.45. The second-order valence-electron chi connectivity index (χ2n) is 5.66. The summed E-state index contributed by atoms with van der Waals surface area (Å²) in [5.41, 5.74) is 0. The van der Waals surface area contributed by atoms with Gasteiger partial charge in [0.05, 0.1) is 6.20 Å². The molecule has 1 saturated heterocycles. The maximum absolute atomic E-state index is 12.7. The molecule has 1 aliphatic heterocycles. The fourth-order valence-corrected chi connectivity index (χ4v) is 4.35. The topological polar surface area (TPSA) is 78.1 Å². The Morgan fingerprint density at radius 3 is 2.90 bits per heavy atom. The van der Waals surface area contributed by atoms with Gasteiger partial charge in [-0.15, -0.1) is 0 Å². The van der Waals surface area contributed by atoms with Crippen molar-refractivity contribution in [2.24, 2.45) is 5.92 Å². The fraction of sp³-hybridized carbons (Fsp3) is 0.786. The normalized spacial score (nSPS) is 22.3. The van der Waals surface area contributed by atoms with Crippen LogP contribution < -0.4 is 5.32 Å². The van der Waals surface area contributed by atoms with Crippen molar-refractivity contribution < 1.29 is 8.42 Å². The standard InChI is InChI=1S/C14H26N4O2S/c1-4-13-16-9-14(17-13)21(19,20)18-8-6-7-12(10-18)11(3)15-5-2/h9,11-12,15H,4-8,10H2,1-3H3,(H,16,17). The number of aryl methyl sites for hydroxylation is 1. The Morgan fingerprint density at radius 1 is 1.52 bits per heavy atom. The quantitative estimate of drug-likeness (QED) is 0.831. The highest BCUT2D eigenvalue weighted by Crippen LogP contribution is 2.25. The fourth-order valence-electron chi connectivity index (χ4n) is 2.88. The van der Waals surface area contributed by atoms with Gasteiger partial charge in [-0.3, -0.25) is 0 Å². The molecule has 1 fully saturated rings. The molecule has 120 valence electrons. The molecule has 2 unspecified atom stereocenters. The molecule has 6 nitrogen and oxygen atoms in total. The van der Waals surface area contributed by atoms with Gasteiger partial charge in [-0.2, -0.15) is 4.31 Å². The molecule has 0 bridgehead atoms. The molecule has 0 saturated carbocycles. The number of H-pyrrole nitrogens is 1. The second kappa shape index (κ2) is 6.89. The summed E-state index contributed by atoms with van der Waals surface area (Å²) in [6.45, 7) is 8.24. The molecule has 1 aliphatic rings. The average molecular weight is 314 g/mol. The van der Waals surface area contributed by atoms with E-state index < -0.39 is 10.0 Å². The molecule has 0 radical (unpaired) electrons. The van der Waals surface area contributed by atoms with E-state index in [9.17, 15) is 8.42 Å². The van der Waals surface area contributed by atoms with Crippen molar-refractivity contribution in [2.75, 3.05) is 19.6 Å². The first kappa shape index (κ1) is 16.5. The number of rotatable bonds is 6. The molecule has 7 heteroatoms. The molecule has 2 N–H and O–H groups in total. The SMILES string of the molecule is CCNC(C)C1CCCN(S(=O)(=O)c2cnc(CC)[nH]2)C1. The maximum Gasteiger partial charge on any atom is 0.260 e. The minimum absolute atomic E-state index is 0.219. The van der Waals surface area contributed by atoms with E-state index in [-0.39, 0.29) is 5.03 Å². The zero-order valence-electron chi connectivity index (χ0n) is 13.1. The highest BCUT2D eigenvalue weighted by molar-refractivity contribution is 7.89. The molecular weight excluding hydrogens is 288 g/mol. The summed E-state index contributed by atoms with van der Waals surface area (Å²) < 4.78 is 27.0. The third kappa shape index (κ3) is 3.64. The highest BCUT2D eigenvalue weighted by atomic mass is 32.2. The number of nitrogens with zero attached hydrogens (tertiary/aromatic N) is 2. The van der Waals surface area contributed by atoms with Crippen molar-refractivity contribution in [1.82, 2.24) is 19.6 Å². The first-order chi connectivity index (χ1) is 9.98. The smallest absolute Gasteiger partial charge is 0.260 e. The van der Waals surface area contributed by atoms with Crippen LogP contribution in [-0.4, -0.2) is 48.4 Å². The molecule has 0 aliphatic carbocycles. The number of piperidine rings is 1. The van der Waals surface area contributed by atoms with Gasteiger partial charge in [0.15, 0.2) is 5.03 Å². The lowest BCUT2D eigenvalue weighted by atomic mass is 9.93. The van der Waals surface area contributed by atoms with Crippen molar-refractivity contribution in [3.8, 4) is 0 Å². The van der Waals surface area contributed by atoms with Gasteiger partial charge in [0, 0.05) is 25.6 Å². The summed E-state index contributed by atoms with van der Waals surface area (Å²) in [6.07, 6.45) is 4.12. The van der Waals surface area contributed by atoms with Gasteiger partial charge in [-0.1, -0.05) is 13.8 Å². The van der Waals surface area contributed by atoms with Gasteiger partial charge in [0.2, 0.25) is 0 Å². The number of hydrogen-bond acceptors (Lipinski definition) is 4. The summed E-state index contributed by atoms with van der Waals surface area (Å²) in [5.74, 6) is 1.07. The van der Waals surface area contributed by atoms with Crippen LogP contribution in [0.2, 0.25) is 0 Å². The van der Waals surface area contributed by atoms with Crippen LogP contribution in [0.15, 0.2) is 11.2 Å². The lowest BCUT2D eigenvalue weighted by Crippen LogP contribution is -2.46. The van der Waals surface area contributed by atoms with E-state index in [0.717, 1.165) is 19.4 Å². The minimum Gasteiger partial charge on any atom is -0.332 e. The summed E-state index contributed by atoms with van der Waals surface area (Å²) in [4.78, 5) is 7.02. The van der Waals surface area contributed by atoms with Crippen LogP contribution in [0.5, 0.6) is 0 Å². The Bertz CT molecular complexity index is 555. The summed E-state index contributed by atoms with van der Waals surface area (Å²) in [5, 5.41) is 3.62. The number of aromatic nitrogens is 2. The maximum atomic E-state index is 12.7. The second-order valence-corrected chi connectivity index (χ2v) is 7.57. The van der Waals surface area contributed by atoms with Gasteiger partial charge in [0.1, 0.15) is 5.82 Å². The molecule has 1 aromatic rings. The lowest BCUT2D eigenvalue weighted by Gasteiger charge is -2.34. The number of nitrogens with one attached hydrogen (secondary N) is 2. The predicted molar refractivity (Wildman–Crippen MR) is 82.6 cm³/mol. The van der Waals surface area contributed by atoms with E-state index in [1.54, 1.807) is 4.31 Å². The van der Waals surface area contributed by atoms with Gasteiger partial charge in [-0.25, -0.2) is 13.4 Å². The number of aromatic amines is 1. The molecular formula is C14H26N4O2S. The van der Waals surface area contributed by atoms with Crippen LogP contribution >= 0.6 is 0 Å². The van der Waals surface area contributed by atoms with E-state index in [4.69, 9.17) is 0 Å². The molecule has 2 rings (SSSR count). The van der Waals surface area contributed by atoms with Crippen LogP contribution in [0.1, 0.15) is 39.4 Å². The number of imidazole rings is 1. The first-order valence-corrected chi connectivity index (χ1v) is 9.20. The van der Waals surface area contributed by atoms with Gasteiger partial charge >= 0.3 is 0 Å². The Balaban J connectivity index is 2.12. The molecule has 0 amide bonds. The largest absolute Gasteiger partial charge is 0.332 e. The van der Waals surface area contributed by atoms with E-state index in [1.165, 1.54) is 6.20 Å². The Hall–Kier alpha value is -0.920. The zero-order valence-corrected chi connectivity index (χ0v) is 13.9. The summed E-state index contributed by atoms with van der Waals surface area (Å²) >= 11 is 0. The van der Waals surface area contributed by atoms with Crippen molar-refractivity contribution in [3.05, 3.63) is 12.0 Å². The summed E-state index contributed by atoms with van der Waals surface area (Å²) in [6, 6.07) is 0.334. The monoisotopic (exact) mass is 314 g/mol. The third-order valence-electron chi connectivity index (χ3n) is 4.21. The lowest BCUT2D eigenvalue weighted by molar-refractivity contribution is 0.225. The Morgan fingerprint density at radius 2 is 2.29 bits per heavy atom. The van der Waals surface area contributed by atoms with Crippen LogP contribution in [0.25, 0.3) is 0 Å². The summed E-state index contributed by atoms with van der Waals surface area (Å²) in [7, 11) is -3.45. The molecule has 2 atom stereocenters. The van der Waals surface area contributed by atoms with Gasteiger partial charge in [0.25, 0.3) is 10.0 Å². The van der Waals surface area contributed by atoms with E-state index in [0.29, 0.717) is 37.3 Å². The molecule has 0 aromatic carbocycles. The zero-order chi connectivity index (χ0) is 15.5. The molecule has 2 heterocycles. The van der Waals surface area contributed by atoms with Crippen LogP contribution in [0.3, 0.4) is 0 Å². The molecule has 0 spiro atoms. The molecule has 21 heavy (non-hydrogen) atoms. The van der Waals surface area contributed by atoms with Crippen LogP contribution in [0, 0.1) is 5.92 Å². The Labute approximate surface area is 127 Å². The van der Waals surface area contributed by atoms with E-state index in [1.807, 2.05) is 6.92 Å². The first-order valence-electron chi connectivity index (χ1n) is 7.76. The van der Waals surface area contributed by atoms with Gasteiger partial charge < -0.3 is 10.3 Å².